The van der Waals surface area contributed by atoms with E-state index < -0.39 is 0 Å². The van der Waals surface area contributed by atoms with Gasteiger partial charge >= 0.3 is 0 Å². The molecule has 0 atom stereocenters. The third kappa shape index (κ3) is 4.31. The zero-order valence-corrected chi connectivity index (χ0v) is 19.3. The lowest BCUT2D eigenvalue weighted by atomic mass is 9.96. The summed E-state index contributed by atoms with van der Waals surface area (Å²) in [5, 5.41) is 5.30. The molecule has 5 rings (SSSR count). The van der Waals surface area contributed by atoms with Crippen LogP contribution in [0.15, 0.2) is 72.9 Å². The van der Waals surface area contributed by atoms with Crippen LogP contribution in [0.4, 0.5) is 5.82 Å². The highest BCUT2D eigenvalue weighted by Gasteiger charge is 2.26. The van der Waals surface area contributed by atoms with Gasteiger partial charge in [0.25, 0.3) is 0 Å². The number of rotatable bonds is 5. The third-order valence-electron chi connectivity index (χ3n) is 6.62. The quantitative estimate of drug-likeness (QED) is 0.429. The van der Waals surface area contributed by atoms with Gasteiger partial charge in [0.1, 0.15) is 5.82 Å². The molecule has 1 N–H and O–H groups in total. The van der Waals surface area contributed by atoms with Crippen molar-refractivity contribution >= 4 is 45.5 Å². The topological polar surface area (TPSA) is 67.2 Å². The van der Waals surface area contributed by atoms with Crippen LogP contribution in [-0.2, 0) is 16.1 Å². The molecular weight excluding hydrogens is 424 g/mol. The van der Waals surface area contributed by atoms with Crippen LogP contribution in [0.5, 0.6) is 0 Å². The Hall–Kier alpha value is -3.93. The van der Waals surface area contributed by atoms with Gasteiger partial charge in [-0.3, -0.25) is 9.59 Å². The summed E-state index contributed by atoms with van der Waals surface area (Å²) in [5.74, 6) is 0.418. The van der Waals surface area contributed by atoms with Crippen LogP contribution in [0, 0.1) is 5.92 Å². The molecule has 2 amide bonds. The number of carbonyl (C=O) groups excluding carboxylic acids is 2. The zero-order chi connectivity index (χ0) is 23.5. The van der Waals surface area contributed by atoms with Gasteiger partial charge in [-0.2, -0.15) is 0 Å². The van der Waals surface area contributed by atoms with Crippen LogP contribution in [0.3, 0.4) is 0 Å². The van der Waals surface area contributed by atoms with Crippen LogP contribution in [0.25, 0.3) is 27.9 Å². The molecule has 0 aliphatic carbocycles. The van der Waals surface area contributed by atoms with Gasteiger partial charge in [0, 0.05) is 59.6 Å². The van der Waals surface area contributed by atoms with Crippen LogP contribution in [0.1, 0.15) is 25.3 Å². The van der Waals surface area contributed by atoms with Crippen LogP contribution in [0.2, 0.25) is 0 Å². The Labute approximate surface area is 198 Å². The number of aryl methyl sites for hydroxylation is 1. The van der Waals surface area contributed by atoms with Gasteiger partial charge < -0.3 is 14.8 Å². The Bertz CT molecular complexity index is 1370. The van der Waals surface area contributed by atoms with Crippen molar-refractivity contribution in [1.29, 1.82) is 0 Å². The number of hydrogen-bond acceptors (Lipinski definition) is 3. The van der Waals surface area contributed by atoms with Gasteiger partial charge in [0.2, 0.25) is 11.8 Å². The molecule has 4 aromatic rings. The number of anilines is 1. The molecule has 172 valence electrons. The van der Waals surface area contributed by atoms with E-state index in [1.165, 1.54) is 21.8 Å². The number of likely N-dealkylation sites (tertiary alicyclic amines) is 1. The summed E-state index contributed by atoms with van der Waals surface area (Å²) in [6.45, 7) is 4.22. The fourth-order valence-corrected chi connectivity index (χ4v) is 4.82. The molecule has 1 fully saturated rings. The molecule has 2 aromatic carbocycles. The summed E-state index contributed by atoms with van der Waals surface area (Å²) < 4.78 is 2.32. The molecule has 2 aromatic heterocycles. The van der Waals surface area contributed by atoms with E-state index in [9.17, 15) is 9.59 Å². The maximum Gasteiger partial charge on any atom is 0.246 e. The van der Waals surface area contributed by atoms with Gasteiger partial charge in [0.05, 0.1) is 0 Å². The number of carbonyl (C=O) groups is 2. The van der Waals surface area contributed by atoms with E-state index in [1.54, 1.807) is 18.3 Å². The Kier molecular flexibility index (Phi) is 6.12. The first-order chi connectivity index (χ1) is 16.6. The highest BCUT2D eigenvalue weighted by Crippen LogP contribution is 2.30. The number of pyridine rings is 1. The van der Waals surface area contributed by atoms with Gasteiger partial charge in [-0.15, -0.1) is 0 Å². The number of nitrogens with one attached hydrogen (secondary N) is 1. The van der Waals surface area contributed by atoms with Gasteiger partial charge in [-0.05, 0) is 61.7 Å². The molecule has 6 heteroatoms. The summed E-state index contributed by atoms with van der Waals surface area (Å²) in [6.07, 6.45) is 6.50. The summed E-state index contributed by atoms with van der Waals surface area (Å²) in [5.41, 5.74) is 3.44. The molecule has 0 spiro atoms. The molecule has 0 saturated carbocycles. The summed E-state index contributed by atoms with van der Waals surface area (Å²) >= 11 is 0. The molecular formula is C28H28N4O2. The van der Waals surface area contributed by atoms with Crippen LogP contribution >= 0.6 is 0 Å². The lowest BCUT2D eigenvalue weighted by Crippen LogP contribution is -2.40. The van der Waals surface area contributed by atoms with E-state index in [-0.39, 0.29) is 17.7 Å². The summed E-state index contributed by atoms with van der Waals surface area (Å²) in [7, 11) is 0. The molecule has 3 heterocycles. The predicted molar refractivity (Wildman–Crippen MR) is 136 cm³/mol. The Morgan fingerprint density at radius 2 is 1.76 bits per heavy atom. The van der Waals surface area contributed by atoms with Gasteiger partial charge in [-0.1, -0.05) is 30.3 Å². The molecule has 1 aliphatic rings. The third-order valence-corrected chi connectivity index (χ3v) is 6.62. The zero-order valence-electron chi connectivity index (χ0n) is 19.3. The number of para-hydroxylation sites is 1. The Morgan fingerprint density at radius 3 is 2.53 bits per heavy atom. The number of nitrogens with zero attached hydrogens (tertiary/aromatic N) is 3. The molecule has 1 aliphatic heterocycles. The van der Waals surface area contributed by atoms with Gasteiger partial charge in [0.15, 0.2) is 0 Å². The fourth-order valence-electron chi connectivity index (χ4n) is 4.82. The van der Waals surface area contributed by atoms with Crippen LogP contribution in [-0.4, -0.2) is 39.4 Å². The fraction of sp³-hybridized carbons (Fsp3) is 0.250. The van der Waals surface area contributed by atoms with Crippen molar-refractivity contribution in [1.82, 2.24) is 14.5 Å². The first kappa shape index (κ1) is 21.9. The van der Waals surface area contributed by atoms with Crippen molar-refractivity contribution in [2.75, 3.05) is 18.4 Å². The molecule has 6 nitrogen and oxygen atoms in total. The first-order valence-electron chi connectivity index (χ1n) is 11.8. The highest BCUT2D eigenvalue weighted by molar-refractivity contribution is 6.08. The van der Waals surface area contributed by atoms with E-state index >= 15 is 0 Å². The normalized spacial score (nSPS) is 14.8. The Balaban J connectivity index is 1.23. The van der Waals surface area contributed by atoms with E-state index in [1.807, 2.05) is 23.1 Å². The Morgan fingerprint density at radius 1 is 1.00 bits per heavy atom. The molecule has 1 saturated heterocycles. The SMILES string of the molecule is CCn1c2ccccc2c2cc(/C=C/C(=O)N3CCC(C(=O)Nc4ccccn4)CC3)ccc21. The molecule has 34 heavy (non-hydrogen) atoms. The predicted octanol–water partition coefficient (Wildman–Crippen LogP) is 5.10. The summed E-state index contributed by atoms with van der Waals surface area (Å²) in [4.78, 5) is 31.3. The van der Waals surface area contributed by atoms with Crippen molar-refractivity contribution in [2.45, 2.75) is 26.3 Å². The monoisotopic (exact) mass is 452 g/mol. The standard InChI is InChI=1S/C28H28N4O2/c1-2-32-24-8-4-3-7-22(24)23-19-20(10-12-25(23)32)11-13-27(33)31-17-14-21(15-18-31)28(34)30-26-9-5-6-16-29-26/h3-13,16,19,21H,2,14-15,17-18H2,1H3,(H,29,30,34)/b13-11+. The van der Waals surface area contributed by atoms with E-state index in [0.717, 1.165) is 12.1 Å². The second-order valence-electron chi connectivity index (χ2n) is 8.68. The second kappa shape index (κ2) is 9.51. The molecule has 0 unspecified atom stereocenters. The minimum atomic E-state index is -0.103. The molecule has 0 bridgehead atoms. The number of aromatic nitrogens is 2. The van der Waals surface area contributed by atoms with Crippen molar-refractivity contribution in [3.63, 3.8) is 0 Å². The van der Waals surface area contributed by atoms with Crippen molar-refractivity contribution < 1.29 is 9.59 Å². The lowest BCUT2D eigenvalue weighted by molar-refractivity contribution is -0.130. The molecule has 0 radical (unpaired) electrons. The average Bonchev–Trinajstić information content (AvgIpc) is 3.21. The van der Waals surface area contributed by atoms with E-state index in [2.05, 4.69) is 64.3 Å². The minimum Gasteiger partial charge on any atom is -0.341 e. The summed E-state index contributed by atoms with van der Waals surface area (Å²) in [6, 6.07) is 20.2. The van der Waals surface area contributed by atoms with Crippen molar-refractivity contribution in [3.05, 3.63) is 78.5 Å². The smallest absolute Gasteiger partial charge is 0.246 e. The first-order valence-corrected chi connectivity index (χ1v) is 11.8. The highest BCUT2D eigenvalue weighted by atomic mass is 16.2. The van der Waals surface area contributed by atoms with Gasteiger partial charge in [-0.25, -0.2) is 4.98 Å². The number of amides is 2. The second-order valence-corrected chi connectivity index (χ2v) is 8.68. The maximum absolute atomic E-state index is 12.8. The number of piperidine rings is 1. The average molecular weight is 453 g/mol. The minimum absolute atomic E-state index is 0.0142. The number of fused-ring (bicyclic) bond motifs is 3. The maximum atomic E-state index is 12.8. The number of benzene rings is 2. The lowest BCUT2D eigenvalue weighted by Gasteiger charge is -2.30. The van der Waals surface area contributed by atoms with E-state index in [4.69, 9.17) is 0 Å². The largest absolute Gasteiger partial charge is 0.341 e. The van der Waals surface area contributed by atoms with E-state index in [0.29, 0.717) is 31.7 Å². The number of hydrogen-bond donors (Lipinski definition) is 1. The van der Waals surface area contributed by atoms with Crippen molar-refractivity contribution in [2.24, 2.45) is 5.92 Å². The van der Waals surface area contributed by atoms with Crippen molar-refractivity contribution in [3.8, 4) is 0 Å². The van der Waals surface area contributed by atoms with Crippen LogP contribution < -0.4 is 5.32 Å².